The van der Waals surface area contributed by atoms with E-state index in [4.69, 9.17) is 4.74 Å². The van der Waals surface area contributed by atoms with E-state index < -0.39 is 0 Å². The molecular formula is C16H21NO3. The summed E-state index contributed by atoms with van der Waals surface area (Å²) < 4.78 is 10.7. The minimum Gasteiger partial charge on any atom is -0.466 e. The molecule has 4 heteroatoms. The summed E-state index contributed by atoms with van der Waals surface area (Å²) in [6.45, 7) is 2.44. The maximum atomic E-state index is 11.3. The molecule has 0 amide bonds. The number of benzene rings is 1. The molecule has 1 heterocycles. The lowest BCUT2D eigenvalue weighted by Crippen LogP contribution is -2.26. The van der Waals surface area contributed by atoms with E-state index in [1.54, 1.807) is 0 Å². The van der Waals surface area contributed by atoms with E-state index in [0.29, 0.717) is 6.61 Å². The van der Waals surface area contributed by atoms with Crippen LogP contribution in [0.1, 0.15) is 11.7 Å². The van der Waals surface area contributed by atoms with Crippen LogP contribution in [0.25, 0.3) is 0 Å². The summed E-state index contributed by atoms with van der Waals surface area (Å²) in [7, 11) is 3.45. The van der Waals surface area contributed by atoms with Crippen molar-refractivity contribution in [2.75, 3.05) is 33.9 Å². The third-order valence-electron chi connectivity index (χ3n) is 3.49. The van der Waals surface area contributed by atoms with Crippen LogP contribution in [0.4, 0.5) is 0 Å². The maximum absolute atomic E-state index is 11.3. The van der Waals surface area contributed by atoms with E-state index in [-0.39, 0.29) is 18.0 Å². The zero-order valence-electron chi connectivity index (χ0n) is 12.0. The molecule has 0 N–H and O–H groups in total. The van der Waals surface area contributed by atoms with Gasteiger partial charge in [-0.25, -0.2) is 4.79 Å². The molecule has 1 aromatic carbocycles. The van der Waals surface area contributed by atoms with Crippen LogP contribution >= 0.6 is 0 Å². The number of esters is 1. The van der Waals surface area contributed by atoms with Gasteiger partial charge < -0.3 is 14.4 Å². The minimum atomic E-state index is -0.330. The molecule has 0 spiro atoms. The number of likely N-dealkylation sites (N-methyl/N-ethyl adjacent to an activating group) is 1. The number of rotatable bonds is 3. The van der Waals surface area contributed by atoms with Gasteiger partial charge >= 0.3 is 5.97 Å². The van der Waals surface area contributed by atoms with Gasteiger partial charge in [0.05, 0.1) is 19.8 Å². The molecule has 0 saturated carbocycles. The van der Waals surface area contributed by atoms with Gasteiger partial charge in [-0.2, -0.15) is 0 Å². The van der Waals surface area contributed by atoms with Crippen molar-refractivity contribution >= 4 is 5.97 Å². The molecule has 1 aliphatic rings. The Labute approximate surface area is 120 Å². The highest BCUT2D eigenvalue weighted by Gasteiger charge is 2.26. The highest BCUT2D eigenvalue weighted by atomic mass is 16.5. The van der Waals surface area contributed by atoms with Gasteiger partial charge in [0.1, 0.15) is 0 Å². The van der Waals surface area contributed by atoms with E-state index in [1.807, 2.05) is 24.3 Å². The first-order chi connectivity index (χ1) is 9.70. The van der Waals surface area contributed by atoms with Crippen LogP contribution in [-0.2, 0) is 14.3 Å². The number of hydrogen-bond donors (Lipinski definition) is 0. The number of hydrogen-bond acceptors (Lipinski definition) is 4. The van der Waals surface area contributed by atoms with Gasteiger partial charge in [-0.05, 0) is 12.6 Å². The zero-order valence-corrected chi connectivity index (χ0v) is 12.0. The first-order valence-corrected chi connectivity index (χ1v) is 6.82. The van der Waals surface area contributed by atoms with Gasteiger partial charge in [-0.15, -0.1) is 0 Å². The van der Waals surface area contributed by atoms with E-state index in [0.717, 1.165) is 18.7 Å². The van der Waals surface area contributed by atoms with Crippen molar-refractivity contribution in [3.05, 3.63) is 48.0 Å². The normalized spacial score (nSPS) is 24.5. The second kappa shape index (κ2) is 7.22. The molecule has 2 atom stereocenters. The summed E-state index contributed by atoms with van der Waals surface area (Å²) in [6.07, 6.45) is 3.36. The van der Waals surface area contributed by atoms with Crippen LogP contribution in [0.5, 0.6) is 0 Å². The van der Waals surface area contributed by atoms with Crippen molar-refractivity contribution in [3.8, 4) is 0 Å². The van der Waals surface area contributed by atoms with Crippen molar-refractivity contribution in [2.45, 2.75) is 6.10 Å². The molecule has 0 bridgehead atoms. The molecular weight excluding hydrogens is 254 g/mol. The van der Waals surface area contributed by atoms with E-state index in [2.05, 4.69) is 28.8 Å². The fourth-order valence-electron chi connectivity index (χ4n) is 2.42. The summed E-state index contributed by atoms with van der Waals surface area (Å²) in [5.74, 6) is -0.201. The van der Waals surface area contributed by atoms with Gasteiger partial charge in [0.15, 0.2) is 0 Å². The summed E-state index contributed by atoms with van der Waals surface area (Å²) in [6, 6.07) is 10.1. The number of carbonyl (C=O) groups excluding carboxylic acids is 1. The van der Waals surface area contributed by atoms with Crippen molar-refractivity contribution in [1.29, 1.82) is 0 Å². The summed E-state index contributed by atoms with van der Waals surface area (Å²) in [5, 5.41) is 0. The molecule has 2 unspecified atom stereocenters. The molecule has 0 radical (unpaired) electrons. The van der Waals surface area contributed by atoms with Crippen LogP contribution in [0, 0.1) is 5.92 Å². The van der Waals surface area contributed by atoms with E-state index >= 15 is 0 Å². The third kappa shape index (κ3) is 3.92. The largest absolute Gasteiger partial charge is 0.466 e. The molecule has 20 heavy (non-hydrogen) atoms. The lowest BCUT2D eigenvalue weighted by Gasteiger charge is -2.24. The maximum Gasteiger partial charge on any atom is 0.330 e. The second-order valence-electron chi connectivity index (χ2n) is 5.01. The summed E-state index contributed by atoms with van der Waals surface area (Å²) in [5.41, 5.74) is 1.14. The smallest absolute Gasteiger partial charge is 0.330 e. The molecule has 1 saturated heterocycles. The zero-order chi connectivity index (χ0) is 14.4. The molecule has 2 rings (SSSR count). The number of nitrogens with zero attached hydrogens (tertiary/aromatic N) is 1. The molecule has 0 aliphatic carbocycles. The Balaban J connectivity index is 2.20. The fraction of sp³-hybridized carbons (Fsp3) is 0.438. The monoisotopic (exact) mass is 275 g/mol. The Morgan fingerprint density at radius 3 is 2.85 bits per heavy atom. The molecule has 1 fully saturated rings. The van der Waals surface area contributed by atoms with Crippen LogP contribution in [0.3, 0.4) is 0 Å². The number of methoxy groups -OCH3 is 1. The van der Waals surface area contributed by atoms with E-state index in [1.165, 1.54) is 13.2 Å². The topological polar surface area (TPSA) is 38.8 Å². The van der Waals surface area contributed by atoms with Gasteiger partial charge in [0.2, 0.25) is 0 Å². The van der Waals surface area contributed by atoms with Crippen LogP contribution in [-0.4, -0.2) is 44.7 Å². The van der Waals surface area contributed by atoms with Crippen molar-refractivity contribution in [1.82, 2.24) is 4.90 Å². The van der Waals surface area contributed by atoms with Crippen LogP contribution in [0.15, 0.2) is 42.5 Å². The van der Waals surface area contributed by atoms with Gasteiger partial charge in [0.25, 0.3) is 0 Å². The van der Waals surface area contributed by atoms with Crippen molar-refractivity contribution in [2.24, 2.45) is 5.92 Å². The van der Waals surface area contributed by atoms with Crippen LogP contribution < -0.4 is 0 Å². The lowest BCUT2D eigenvalue weighted by atomic mass is 9.94. The fourth-order valence-corrected chi connectivity index (χ4v) is 2.42. The Morgan fingerprint density at radius 1 is 1.40 bits per heavy atom. The Kier molecular flexibility index (Phi) is 5.32. The average Bonchev–Trinajstić information content (AvgIpc) is 2.67. The van der Waals surface area contributed by atoms with Crippen molar-refractivity contribution in [3.63, 3.8) is 0 Å². The molecule has 0 aromatic heterocycles. The Bertz CT molecular complexity index is 458. The predicted molar refractivity (Wildman–Crippen MR) is 77.3 cm³/mol. The SMILES string of the molecule is COC(=O)/C=C/C1CN(C)CCOC1c1ccccc1. The van der Waals surface area contributed by atoms with Gasteiger partial charge in [-0.1, -0.05) is 36.4 Å². The van der Waals surface area contributed by atoms with Crippen LogP contribution in [0.2, 0.25) is 0 Å². The average molecular weight is 275 g/mol. The van der Waals surface area contributed by atoms with Gasteiger partial charge in [0, 0.05) is 25.1 Å². The van der Waals surface area contributed by atoms with E-state index in [9.17, 15) is 4.79 Å². The third-order valence-corrected chi connectivity index (χ3v) is 3.49. The van der Waals surface area contributed by atoms with Crippen molar-refractivity contribution < 1.29 is 14.3 Å². The Morgan fingerprint density at radius 2 is 2.15 bits per heavy atom. The first-order valence-electron chi connectivity index (χ1n) is 6.82. The molecule has 1 aliphatic heterocycles. The lowest BCUT2D eigenvalue weighted by molar-refractivity contribution is -0.134. The highest BCUT2D eigenvalue weighted by Crippen LogP contribution is 2.29. The Hall–Kier alpha value is -1.65. The molecule has 4 nitrogen and oxygen atoms in total. The minimum absolute atomic E-state index is 0.0259. The second-order valence-corrected chi connectivity index (χ2v) is 5.01. The summed E-state index contributed by atoms with van der Waals surface area (Å²) >= 11 is 0. The predicted octanol–water partition coefficient (Wildman–Crippen LogP) is 2.04. The summed E-state index contributed by atoms with van der Waals surface area (Å²) in [4.78, 5) is 13.5. The molecule has 108 valence electrons. The first kappa shape index (κ1) is 14.8. The van der Waals surface area contributed by atoms with Gasteiger partial charge in [-0.3, -0.25) is 0 Å². The highest BCUT2D eigenvalue weighted by molar-refractivity contribution is 5.81. The molecule has 1 aromatic rings. The quantitative estimate of drug-likeness (QED) is 0.625. The number of carbonyl (C=O) groups is 1. The standard InChI is InChI=1S/C16H21NO3/c1-17-10-11-20-16(13-6-4-3-5-7-13)14(12-17)8-9-15(18)19-2/h3-9,14,16H,10-12H2,1-2H3/b9-8+. The number of ether oxygens (including phenoxy) is 2.